The number of ether oxygens (including phenoxy) is 1. The highest BCUT2D eigenvalue weighted by molar-refractivity contribution is 5.89. The van der Waals surface area contributed by atoms with Gasteiger partial charge >= 0.3 is 6.03 Å². The Bertz CT molecular complexity index is 1020. The second-order valence-corrected chi connectivity index (χ2v) is 6.76. The van der Waals surface area contributed by atoms with Crippen molar-refractivity contribution in [2.24, 2.45) is 0 Å². The number of carbonyl (C=O) groups excluding carboxylic acids is 1. The van der Waals surface area contributed by atoms with Crippen LogP contribution < -0.4 is 20.9 Å². The van der Waals surface area contributed by atoms with E-state index in [1.54, 1.807) is 30.7 Å². The second-order valence-electron chi connectivity index (χ2n) is 6.76. The van der Waals surface area contributed by atoms with Crippen molar-refractivity contribution in [1.29, 1.82) is 0 Å². The van der Waals surface area contributed by atoms with Crippen molar-refractivity contribution in [2.45, 2.75) is 39.2 Å². The number of aromatic nitrogens is 2. The second kappa shape index (κ2) is 9.73. The van der Waals surface area contributed by atoms with Crippen molar-refractivity contribution in [3.05, 3.63) is 70.9 Å². The molecule has 0 fully saturated rings. The summed E-state index contributed by atoms with van der Waals surface area (Å²) in [5.41, 5.74) is 1.53. The average Bonchev–Trinajstić information content (AvgIpc) is 2.75. The van der Waals surface area contributed by atoms with Crippen molar-refractivity contribution in [2.75, 3.05) is 11.9 Å². The van der Waals surface area contributed by atoms with Gasteiger partial charge in [-0.15, -0.1) is 0 Å². The lowest BCUT2D eigenvalue weighted by Gasteiger charge is -2.17. The zero-order chi connectivity index (χ0) is 20.6. The summed E-state index contributed by atoms with van der Waals surface area (Å²) in [4.78, 5) is 29.4. The van der Waals surface area contributed by atoms with E-state index in [9.17, 15) is 9.59 Å². The molecule has 0 aliphatic carbocycles. The summed E-state index contributed by atoms with van der Waals surface area (Å²) in [7, 11) is 0. The summed E-state index contributed by atoms with van der Waals surface area (Å²) in [5, 5.41) is 5.55. The first kappa shape index (κ1) is 20.4. The zero-order valence-corrected chi connectivity index (χ0v) is 16.7. The molecule has 3 rings (SSSR count). The van der Waals surface area contributed by atoms with Crippen molar-refractivity contribution in [1.82, 2.24) is 14.7 Å². The highest BCUT2D eigenvalue weighted by atomic mass is 16.5. The lowest BCUT2D eigenvalue weighted by Crippen LogP contribution is -2.34. The Hall–Kier alpha value is -3.35. The monoisotopic (exact) mass is 394 g/mol. The first-order valence-electron chi connectivity index (χ1n) is 9.88. The van der Waals surface area contributed by atoms with Gasteiger partial charge in [0.1, 0.15) is 11.4 Å². The van der Waals surface area contributed by atoms with Gasteiger partial charge in [0.2, 0.25) is 0 Å². The van der Waals surface area contributed by atoms with Gasteiger partial charge in [0.25, 0.3) is 5.56 Å². The smallest absolute Gasteiger partial charge is 0.319 e. The molecule has 0 aromatic carbocycles. The standard InChI is InChI=1S/C22H26N4O3/c1-3-5-13-29-18-10-8-17-9-11-20(21(27)26(17)15-18)25-22(28)24-19(4-2)16-7-6-12-23-14-16/h6-12,14-15,19H,3-5,13H2,1-2H3,(H2,24,25,28). The maximum absolute atomic E-state index is 12.8. The largest absolute Gasteiger partial charge is 0.492 e. The first-order valence-corrected chi connectivity index (χ1v) is 9.88. The van der Waals surface area contributed by atoms with Crippen LogP contribution in [0, 0.1) is 0 Å². The van der Waals surface area contributed by atoms with E-state index in [0.29, 0.717) is 18.8 Å². The van der Waals surface area contributed by atoms with Gasteiger partial charge in [-0.1, -0.05) is 26.3 Å². The van der Waals surface area contributed by atoms with E-state index in [0.717, 1.165) is 23.9 Å². The Kier molecular flexibility index (Phi) is 6.84. The number of nitrogens with one attached hydrogen (secondary N) is 2. The average molecular weight is 394 g/mol. The van der Waals surface area contributed by atoms with Crippen molar-refractivity contribution in [3.63, 3.8) is 0 Å². The molecule has 0 spiro atoms. The minimum absolute atomic E-state index is 0.189. The first-order chi connectivity index (χ1) is 14.1. The Morgan fingerprint density at radius 1 is 1.21 bits per heavy atom. The van der Waals surface area contributed by atoms with E-state index in [4.69, 9.17) is 4.74 Å². The molecule has 0 aliphatic heterocycles. The molecule has 3 aromatic heterocycles. The Labute approximate surface area is 169 Å². The Balaban J connectivity index is 1.76. The van der Waals surface area contributed by atoms with Gasteiger partial charge in [0.05, 0.1) is 18.8 Å². The lowest BCUT2D eigenvalue weighted by molar-refractivity contribution is 0.248. The van der Waals surface area contributed by atoms with Crippen molar-refractivity contribution < 1.29 is 9.53 Å². The van der Waals surface area contributed by atoms with Crippen LogP contribution in [0.2, 0.25) is 0 Å². The van der Waals surface area contributed by atoms with Crippen LogP contribution in [0.15, 0.2) is 59.8 Å². The van der Waals surface area contributed by atoms with Crippen LogP contribution in [0.1, 0.15) is 44.7 Å². The fourth-order valence-corrected chi connectivity index (χ4v) is 3.01. The molecule has 7 heteroatoms. The molecule has 29 heavy (non-hydrogen) atoms. The summed E-state index contributed by atoms with van der Waals surface area (Å²) in [6, 6.07) is 10.2. The van der Waals surface area contributed by atoms with Gasteiger partial charge in [-0.25, -0.2) is 4.79 Å². The number of nitrogens with zero attached hydrogens (tertiary/aromatic N) is 2. The van der Waals surface area contributed by atoms with Crippen LogP contribution in [0.3, 0.4) is 0 Å². The minimum Gasteiger partial charge on any atom is -0.492 e. The fourth-order valence-electron chi connectivity index (χ4n) is 3.01. The molecule has 0 aliphatic rings. The molecule has 1 unspecified atom stereocenters. The molecule has 0 saturated heterocycles. The molecule has 2 amide bonds. The molecule has 0 bridgehead atoms. The molecule has 3 aromatic rings. The number of anilines is 1. The summed E-state index contributed by atoms with van der Waals surface area (Å²) < 4.78 is 7.16. The number of rotatable bonds is 8. The normalized spacial score (nSPS) is 11.8. The predicted molar refractivity (Wildman–Crippen MR) is 113 cm³/mol. The fraction of sp³-hybridized carbons (Fsp3) is 0.318. The zero-order valence-electron chi connectivity index (χ0n) is 16.7. The molecule has 3 heterocycles. The van der Waals surface area contributed by atoms with E-state index in [1.165, 1.54) is 4.40 Å². The molecule has 0 saturated carbocycles. The summed E-state index contributed by atoms with van der Waals surface area (Å²) >= 11 is 0. The maximum Gasteiger partial charge on any atom is 0.319 e. The van der Waals surface area contributed by atoms with Gasteiger partial charge in [-0.05, 0) is 48.7 Å². The summed E-state index contributed by atoms with van der Waals surface area (Å²) in [6.07, 6.45) is 7.75. The molecular formula is C22H26N4O3. The molecule has 2 N–H and O–H groups in total. The number of fused-ring (bicyclic) bond motifs is 1. The number of amides is 2. The Morgan fingerprint density at radius 3 is 2.76 bits per heavy atom. The lowest BCUT2D eigenvalue weighted by atomic mass is 10.1. The molecule has 0 radical (unpaired) electrons. The summed E-state index contributed by atoms with van der Waals surface area (Å²) in [6.45, 7) is 4.67. The van der Waals surface area contributed by atoms with Gasteiger partial charge in [-0.3, -0.25) is 14.2 Å². The molecule has 7 nitrogen and oxygen atoms in total. The van der Waals surface area contributed by atoms with E-state index in [1.807, 2.05) is 31.2 Å². The highest BCUT2D eigenvalue weighted by Crippen LogP contribution is 2.16. The van der Waals surface area contributed by atoms with E-state index >= 15 is 0 Å². The SMILES string of the molecule is CCCCOc1ccc2ccc(NC(=O)NC(CC)c3cccnc3)c(=O)n2c1. The third-order valence-corrected chi connectivity index (χ3v) is 4.64. The van der Waals surface area contributed by atoms with Crippen LogP contribution >= 0.6 is 0 Å². The van der Waals surface area contributed by atoms with Crippen LogP contribution in [-0.4, -0.2) is 22.0 Å². The van der Waals surface area contributed by atoms with Crippen molar-refractivity contribution in [3.8, 4) is 5.75 Å². The predicted octanol–water partition coefficient (Wildman–Crippen LogP) is 4.15. The number of hydrogen-bond acceptors (Lipinski definition) is 4. The van der Waals surface area contributed by atoms with Gasteiger partial charge in [0, 0.05) is 17.9 Å². The number of pyridine rings is 3. The third-order valence-electron chi connectivity index (χ3n) is 4.64. The van der Waals surface area contributed by atoms with E-state index in [2.05, 4.69) is 22.5 Å². The Morgan fingerprint density at radius 2 is 2.03 bits per heavy atom. The van der Waals surface area contributed by atoms with Crippen LogP contribution in [0.5, 0.6) is 5.75 Å². The third kappa shape index (κ3) is 5.13. The van der Waals surface area contributed by atoms with Gasteiger partial charge in [-0.2, -0.15) is 0 Å². The minimum atomic E-state index is -0.437. The van der Waals surface area contributed by atoms with E-state index < -0.39 is 6.03 Å². The molecular weight excluding hydrogens is 368 g/mol. The molecule has 1 atom stereocenters. The number of carbonyl (C=O) groups is 1. The van der Waals surface area contributed by atoms with Crippen molar-refractivity contribution >= 4 is 17.2 Å². The van der Waals surface area contributed by atoms with Crippen LogP contribution in [-0.2, 0) is 0 Å². The highest BCUT2D eigenvalue weighted by Gasteiger charge is 2.14. The maximum atomic E-state index is 12.8. The summed E-state index contributed by atoms with van der Waals surface area (Å²) in [5.74, 6) is 0.622. The van der Waals surface area contributed by atoms with Crippen LogP contribution in [0.4, 0.5) is 10.5 Å². The number of unbranched alkanes of at least 4 members (excludes halogenated alkanes) is 1. The van der Waals surface area contributed by atoms with Gasteiger partial charge < -0.3 is 15.4 Å². The van der Waals surface area contributed by atoms with Gasteiger partial charge in [0.15, 0.2) is 0 Å². The molecule has 152 valence electrons. The number of hydrogen-bond donors (Lipinski definition) is 2. The topological polar surface area (TPSA) is 84.7 Å². The number of urea groups is 1. The quantitative estimate of drug-likeness (QED) is 0.562. The van der Waals surface area contributed by atoms with Crippen LogP contribution in [0.25, 0.3) is 5.52 Å². The van der Waals surface area contributed by atoms with E-state index in [-0.39, 0.29) is 17.3 Å².